The van der Waals surface area contributed by atoms with Gasteiger partial charge in [-0.2, -0.15) is 0 Å². The maximum Gasteiger partial charge on any atom is 0.414 e. The standard InChI is InChI=1S/C21H28N2.C2H2O4/c1-22(15-12-19-8-4-2-5-9-19)21-13-16-23(17-14-21)18-20-10-6-3-7-11-20;3-1(4)2(5)6/h2-11,21H,12-18H2,1H3;(H,3,4)(H,5,6). The van der Waals surface area contributed by atoms with Gasteiger partial charge < -0.3 is 15.1 Å². The molecule has 1 saturated heterocycles. The predicted molar refractivity (Wildman–Crippen MR) is 113 cm³/mol. The lowest BCUT2D eigenvalue weighted by molar-refractivity contribution is -0.159. The van der Waals surface area contributed by atoms with Crippen LogP contribution in [0.4, 0.5) is 0 Å². The number of hydrogen-bond acceptors (Lipinski definition) is 4. The topological polar surface area (TPSA) is 81.1 Å². The van der Waals surface area contributed by atoms with Crippen molar-refractivity contribution in [1.29, 1.82) is 0 Å². The molecule has 29 heavy (non-hydrogen) atoms. The fourth-order valence-electron chi connectivity index (χ4n) is 3.49. The lowest BCUT2D eigenvalue weighted by Gasteiger charge is -2.36. The van der Waals surface area contributed by atoms with Crippen LogP contribution in [0.15, 0.2) is 60.7 Å². The van der Waals surface area contributed by atoms with E-state index in [1.54, 1.807) is 0 Å². The first kappa shape index (κ1) is 22.6. The summed E-state index contributed by atoms with van der Waals surface area (Å²) in [5, 5.41) is 14.8. The molecule has 0 saturated carbocycles. The van der Waals surface area contributed by atoms with Crippen LogP contribution < -0.4 is 0 Å². The van der Waals surface area contributed by atoms with E-state index < -0.39 is 11.9 Å². The number of aliphatic carboxylic acids is 2. The summed E-state index contributed by atoms with van der Waals surface area (Å²) in [5.41, 5.74) is 2.88. The first-order valence-corrected chi connectivity index (χ1v) is 9.92. The van der Waals surface area contributed by atoms with Crippen LogP contribution in [0.5, 0.6) is 0 Å². The molecule has 0 aromatic heterocycles. The minimum Gasteiger partial charge on any atom is -0.473 e. The van der Waals surface area contributed by atoms with E-state index in [4.69, 9.17) is 19.8 Å². The first-order valence-electron chi connectivity index (χ1n) is 9.92. The third kappa shape index (κ3) is 8.46. The second-order valence-corrected chi connectivity index (χ2v) is 7.32. The fourth-order valence-corrected chi connectivity index (χ4v) is 3.49. The highest BCUT2D eigenvalue weighted by Gasteiger charge is 2.22. The van der Waals surface area contributed by atoms with Gasteiger partial charge in [-0.3, -0.25) is 4.90 Å². The Morgan fingerprint density at radius 2 is 1.38 bits per heavy atom. The van der Waals surface area contributed by atoms with Crippen molar-refractivity contribution in [3.05, 3.63) is 71.8 Å². The summed E-state index contributed by atoms with van der Waals surface area (Å²) >= 11 is 0. The zero-order valence-electron chi connectivity index (χ0n) is 16.9. The van der Waals surface area contributed by atoms with E-state index in [-0.39, 0.29) is 0 Å². The Morgan fingerprint density at radius 3 is 1.86 bits per heavy atom. The van der Waals surface area contributed by atoms with Crippen LogP contribution in [0.2, 0.25) is 0 Å². The van der Waals surface area contributed by atoms with Crippen LogP contribution in [0.3, 0.4) is 0 Å². The van der Waals surface area contributed by atoms with Gasteiger partial charge in [-0.05, 0) is 50.5 Å². The van der Waals surface area contributed by atoms with E-state index in [1.165, 1.54) is 37.1 Å². The molecule has 6 heteroatoms. The van der Waals surface area contributed by atoms with Crippen molar-refractivity contribution in [3.63, 3.8) is 0 Å². The molecule has 1 fully saturated rings. The Kier molecular flexibility index (Phi) is 9.34. The molecule has 2 aromatic rings. The number of carboxylic acids is 2. The maximum absolute atomic E-state index is 9.10. The van der Waals surface area contributed by atoms with E-state index in [0.29, 0.717) is 0 Å². The van der Waals surface area contributed by atoms with Crippen LogP contribution in [0, 0.1) is 0 Å². The highest BCUT2D eigenvalue weighted by Crippen LogP contribution is 2.18. The molecule has 156 valence electrons. The van der Waals surface area contributed by atoms with Crippen LogP contribution in [-0.4, -0.2) is 64.7 Å². The summed E-state index contributed by atoms with van der Waals surface area (Å²) in [5.74, 6) is -3.65. The van der Waals surface area contributed by atoms with Crippen molar-refractivity contribution in [2.75, 3.05) is 26.7 Å². The summed E-state index contributed by atoms with van der Waals surface area (Å²) in [7, 11) is 2.29. The molecular formula is C23H30N2O4. The van der Waals surface area contributed by atoms with Gasteiger partial charge in [0.2, 0.25) is 0 Å². The molecule has 1 aliphatic heterocycles. The Morgan fingerprint density at radius 1 is 0.897 bits per heavy atom. The number of nitrogens with zero attached hydrogens (tertiary/aromatic N) is 2. The molecule has 0 bridgehead atoms. The smallest absolute Gasteiger partial charge is 0.414 e. The molecule has 0 atom stereocenters. The number of likely N-dealkylation sites (N-methyl/N-ethyl adjacent to an activating group) is 1. The summed E-state index contributed by atoms with van der Waals surface area (Å²) in [4.78, 5) is 23.4. The predicted octanol–water partition coefficient (Wildman–Crippen LogP) is 2.98. The van der Waals surface area contributed by atoms with Crippen LogP contribution in [-0.2, 0) is 22.6 Å². The molecule has 2 aromatic carbocycles. The largest absolute Gasteiger partial charge is 0.473 e. The second kappa shape index (κ2) is 12.0. The molecule has 0 aliphatic carbocycles. The zero-order chi connectivity index (χ0) is 21.1. The number of carbonyl (C=O) groups is 2. The molecule has 3 rings (SSSR count). The van der Waals surface area contributed by atoms with Gasteiger partial charge in [-0.15, -0.1) is 0 Å². The van der Waals surface area contributed by atoms with Crippen molar-refractivity contribution in [3.8, 4) is 0 Å². The molecule has 6 nitrogen and oxygen atoms in total. The number of piperidine rings is 1. The van der Waals surface area contributed by atoms with E-state index in [1.807, 2.05) is 0 Å². The number of likely N-dealkylation sites (tertiary alicyclic amines) is 1. The van der Waals surface area contributed by atoms with Crippen molar-refractivity contribution >= 4 is 11.9 Å². The molecule has 1 heterocycles. The third-order valence-electron chi connectivity index (χ3n) is 5.21. The average Bonchev–Trinajstić information content (AvgIpc) is 2.74. The summed E-state index contributed by atoms with van der Waals surface area (Å²) in [6, 6.07) is 22.4. The Hall–Kier alpha value is -2.70. The van der Waals surface area contributed by atoms with Crippen molar-refractivity contribution < 1.29 is 19.8 Å². The highest BCUT2D eigenvalue weighted by atomic mass is 16.4. The Labute approximate surface area is 172 Å². The SMILES string of the molecule is CN(CCc1ccccc1)C1CCN(Cc2ccccc2)CC1.O=C(O)C(=O)O. The van der Waals surface area contributed by atoms with Crippen molar-refractivity contribution in [2.45, 2.75) is 31.8 Å². The summed E-state index contributed by atoms with van der Waals surface area (Å²) in [6.45, 7) is 4.69. The highest BCUT2D eigenvalue weighted by molar-refractivity contribution is 6.27. The molecule has 0 spiro atoms. The molecule has 0 radical (unpaired) electrons. The summed E-state index contributed by atoms with van der Waals surface area (Å²) < 4.78 is 0. The molecule has 1 aliphatic rings. The van der Waals surface area contributed by atoms with Gasteiger partial charge in [0, 0.05) is 19.1 Å². The Bertz CT molecular complexity index is 732. The number of hydrogen-bond donors (Lipinski definition) is 2. The van der Waals surface area contributed by atoms with Gasteiger partial charge in [-0.1, -0.05) is 60.7 Å². The Balaban J connectivity index is 0.000000438. The molecule has 0 unspecified atom stereocenters. The minimum absolute atomic E-state index is 0.741. The minimum atomic E-state index is -1.82. The first-order chi connectivity index (χ1) is 14.0. The summed E-state index contributed by atoms with van der Waals surface area (Å²) in [6.07, 6.45) is 3.73. The normalized spacial score (nSPS) is 14.8. The maximum atomic E-state index is 9.10. The van der Waals surface area contributed by atoms with Gasteiger partial charge in [-0.25, -0.2) is 9.59 Å². The van der Waals surface area contributed by atoms with Crippen molar-refractivity contribution in [1.82, 2.24) is 9.80 Å². The van der Waals surface area contributed by atoms with Crippen LogP contribution >= 0.6 is 0 Å². The fraction of sp³-hybridized carbons (Fsp3) is 0.391. The van der Waals surface area contributed by atoms with Gasteiger partial charge >= 0.3 is 11.9 Å². The third-order valence-corrected chi connectivity index (χ3v) is 5.21. The zero-order valence-corrected chi connectivity index (χ0v) is 16.9. The second-order valence-electron chi connectivity index (χ2n) is 7.32. The lowest BCUT2D eigenvalue weighted by atomic mass is 10.0. The number of rotatable bonds is 6. The van der Waals surface area contributed by atoms with Gasteiger partial charge in [0.25, 0.3) is 0 Å². The van der Waals surface area contributed by atoms with Crippen LogP contribution in [0.25, 0.3) is 0 Å². The lowest BCUT2D eigenvalue weighted by Crippen LogP contribution is -2.43. The van der Waals surface area contributed by atoms with E-state index >= 15 is 0 Å². The van der Waals surface area contributed by atoms with E-state index in [0.717, 1.165) is 25.6 Å². The number of benzene rings is 2. The average molecular weight is 399 g/mol. The molecular weight excluding hydrogens is 368 g/mol. The van der Waals surface area contributed by atoms with E-state index in [2.05, 4.69) is 77.5 Å². The van der Waals surface area contributed by atoms with Crippen LogP contribution in [0.1, 0.15) is 24.0 Å². The quantitative estimate of drug-likeness (QED) is 0.728. The van der Waals surface area contributed by atoms with Crippen molar-refractivity contribution in [2.24, 2.45) is 0 Å². The monoisotopic (exact) mass is 398 g/mol. The van der Waals surface area contributed by atoms with E-state index in [9.17, 15) is 0 Å². The molecule has 0 amide bonds. The van der Waals surface area contributed by atoms with Gasteiger partial charge in [0.15, 0.2) is 0 Å². The van der Waals surface area contributed by atoms with Gasteiger partial charge in [0.1, 0.15) is 0 Å². The molecule has 2 N–H and O–H groups in total. The number of carboxylic acid groups (broad SMARTS) is 2. The van der Waals surface area contributed by atoms with Gasteiger partial charge in [0.05, 0.1) is 0 Å².